The second kappa shape index (κ2) is 6.76. The van der Waals surface area contributed by atoms with Crippen LogP contribution in [0.2, 0.25) is 0 Å². The number of ether oxygens (including phenoxy) is 1. The van der Waals surface area contributed by atoms with Crippen molar-refractivity contribution in [1.29, 1.82) is 0 Å². The van der Waals surface area contributed by atoms with Crippen LogP contribution < -0.4 is 9.64 Å². The van der Waals surface area contributed by atoms with Crippen LogP contribution in [0.3, 0.4) is 0 Å². The number of rotatable bonds is 3. The number of carbonyl (C=O) groups is 1. The fraction of sp³-hybridized carbons (Fsp3) is 0.150. The normalized spacial score (nSPS) is 10.7. The highest BCUT2D eigenvalue weighted by Crippen LogP contribution is 2.41. The zero-order valence-electron chi connectivity index (χ0n) is 14.2. The van der Waals surface area contributed by atoms with Crippen molar-refractivity contribution < 1.29 is 14.6 Å². The molecule has 4 nitrogen and oxygen atoms in total. The Balaban J connectivity index is 2.22. The Labute approximate surface area is 154 Å². The Morgan fingerprint density at radius 1 is 1.08 bits per heavy atom. The first-order chi connectivity index (χ1) is 11.9. The number of nitrogens with zero attached hydrogens (tertiary/aromatic N) is 1. The van der Waals surface area contributed by atoms with E-state index in [1.54, 1.807) is 30.3 Å². The molecule has 3 aromatic carbocycles. The monoisotopic (exact) mass is 399 g/mol. The lowest BCUT2D eigenvalue weighted by atomic mass is 9.97. The highest BCUT2D eigenvalue weighted by atomic mass is 79.9. The van der Waals surface area contributed by atoms with Crippen LogP contribution in [0.4, 0.5) is 5.69 Å². The average Bonchev–Trinajstić information content (AvgIpc) is 2.56. The van der Waals surface area contributed by atoms with E-state index in [0.29, 0.717) is 16.7 Å². The van der Waals surface area contributed by atoms with Gasteiger partial charge in [0.2, 0.25) is 0 Å². The number of hydrogen-bond acceptors (Lipinski definition) is 4. The molecule has 0 amide bonds. The third-order valence-corrected chi connectivity index (χ3v) is 4.56. The van der Waals surface area contributed by atoms with Gasteiger partial charge in [0.15, 0.2) is 0 Å². The highest BCUT2D eigenvalue weighted by molar-refractivity contribution is 9.10. The van der Waals surface area contributed by atoms with Crippen LogP contribution in [0.5, 0.6) is 11.5 Å². The maximum absolute atomic E-state index is 12.7. The first-order valence-corrected chi connectivity index (χ1v) is 8.58. The molecule has 0 aliphatic rings. The molecule has 0 fully saturated rings. The highest BCUT2D eigenvalue weighted by Gasteiger charge is 2.24. The van der Waals surface area contributed by atoms with Crippen molar-refractivity contribution in [3.05, 3.63) is 64.1 Å². The number of aromatic hydroxyl groups is 1. The Hall–Kier alpha value is -2.53. The van der Waals surface area contributed by atoms with Gasteiger partial charge in [0.25, 0.3) is 0 Å². The predicted octanol–water partition coefficient (Wildman–Crippen LogP) is 4.90. The van der Waals surface area contributed by atoms with Gasteiger partial charge >= 0.3 is 5.97 Å². The molecule has 3 aromatic rings. The first-order valence-electron chi connectivity index (χ1n) is 7.79. The van der Waals surface area contributed by atoms with E-state index in [2.05, 4.69) is 15.9 Å². The van der Waals surface area contributed by atoms with E-state index in [0.717, 1.165) is 15.5 Å². The fourth-order valence-electron chi connectivity index (χ4n) is 3.02. The van der Waals surface area contributed by atoms with Gasteiger partial charge in [0, 0.05) is 35.0 Å². The molecule has 0 radical (unpaired) electrons. The van der Waals surface area contributed by atoms with Crippen molar-refractivity contribution in [3.8, 4) is 11.5 Å². The average molecular weight is 400 g/mol. The molecule has 0 spiro atoms. The van der Waals surface area contributed by atoms with Gasteiger partial charge in [-0.25, -0.2) is 4.79 Å². The van der Waals surface area contributed by atoms with E-state index >= 15 is 0 Å². The van der Waals surface area contributed by atoms with Crippen LogP contribution in [0, 0.1) is 6.92 Å². The van der Waals surface area contributed by atoms with E-state index in [1.165, 1.54) is 0 Å². The summed E-state index contributed by atoms with van der Waals surface area (Å²) < 4.78 is 6.27. The predicted molar refractivity (Wildman–Crippen MR) is 104 cm³/mol. The van der Waals surface area contributed by atoms with Gasteiger partial charge in [-0.15, -0.1) is 0 Å². The van der Waals surface area contributed by atoms with Crippen LogP contribution in [0.1, 0.15) is 15.9 Å². The van der Waals surface area contributed by atoms with E-state index < -0.39 is 5.97 Å². The number of halogens is 1. The minimum atomic E-state index is -0.578. The number of esters is 1. The van der Waals surface area contributed by atoms with E-state index in [9.17, 15) is 9.90 Å². The summed E-state index contributed by atoms with van der Waals surface area (Å²) in [6.45, 7) is 1.82. The van der Waals surface area contributed by atoms with Gasteiger partial charge in [-0.3, -0.25) is 0 Å². The lowest BCUT2D eigenvalue weighted by Crippen LogP contribution is -2.16. The van der Waals surface area contributed by atoms with Crippen LogP contribution in [0.25, 0.3) is 10.8 Å². The van der Waals surface area contributed by atoms with Crippen molar-refractivity contribution in [1.82, 2.24) is 0 Å². The van der Waals surface area contributed by atoms with Gasteiger partial charge in [-0.2, -0.15) is 0 Å². The number of anilines is 1. The Bertz CT molecular complexity index is 952. The van der Waals surface area contributed by atoms with Crippen LogP contribution in [-0.2, 0) is 0 Å². The molecule has 0 aromatic heterocycles. The molecule has 0 heterocycles. The minimum Gasteiger partial charge on any atom is -0.506 e. The maximum atomic E-state index is 12.7. The summed E-state index contributed by atoms with van der Waals surface area (Å²) in [7, 11) is 3.82. The summed E-state index contributed by atoms with van der Waals surface area (Å²) in [5, 5.41) is 12.2. The number of phenolic OH excluding ortho intramolecular Hbond substituents is 1. The third kappa shape index (κ3) is 3.20. The first kappa shape index (κ1) is 17.3. The number of phenols is 1. The number of benzene rings is 3. The fourth-order valence-corrected chi connectivity index (χ4v) is 3.39. The number of hydrogen-bond donors (Lipinski definition) is 1. The molecule has 0 bridgehead atoms. The number of para-hydroxylation sites is 1. The lowest BCUT2D eigenvalue weighted by Gasteiger charge is -2.22. The topological polar surface area (TPSA) is 49.8 Å². The molecule has 0 aliphatic carbocycles. The second-order valence-corrected chi connectivity index (χ2v) is 6.90. The molecule has 0 saturated carbocycles. The standard InChI is InChI=1S/C20H18BrNO3/c1-12-17(20(24)25-14-7-5-4-6-8-14)19(23)16-11-13(21)9-10-15(16)18(12)22(2)3/h4-11,23H,1-3H3. The molecule has 0 saturated heterocycles. The van der Waals surface area contributed by atoms with Crippen LogP contribution in [0.15, 0.2) is 53.0 Å². The summed E-state index contributed by atoms with van der Waals surface area (Å²) in [6.07, 6.45) is 0. The molecule has 5 heteroatoms. The Kier molecular flexibility index (Phi) is 4.68. The van der Waals surface area contributed by atoms with Gasteiger partial charge < -0.3 is 14.7 Å². The second-order valence-electron chi connectivity index (χ2n) is 5.98. The van der Waals surface area contributed by atoms with Crippen molar-refractivity contribution in [3.63, 3.8) is 0 Å². The molecule has 0 aliphatic heterocycles. The quantitative estimate of drug-likeness (QED) is 0.502. The van der Waals surface area contributed by atoms with E-state index in [4.69, 9.17) is 4.74 Å². The summed E-state index contributed by atoms with van der Waals surface area (Å²) in [5.41, 5.74) is 1.73. The molecule has 0 atom stereocenters. The SMILES string of the molecule is Cc1c(C(=O)Oc2ccccc2)c(O)c2cc(Br)ccc2c1N(C)C. The van der Waals surface area contributed by atoms with Gasteiger partial charge in [-0.05, 0) is 36.8 Å². The largest absolute Gasteiger partial charge is 0.506 e. The van der Waals surface area contributed by atoms with Crippen LogP contribution >= 0.6 is 15.9 Å². The minimum absolute atomic E-state index is 0.0691. The summed E-state index contributed by atoms with van der Waals surface area (Å²) in [4.78, 5) is 14.7. The number of fused-ring (bicyclic) bond motifs is 1. The molecule has 25 heavy (non-hydrogen) atoms. The van der Waals surface area contributed by atoms with Gasteiger partial charge in [0.05, 0.1) is 0 Å². The molecule has 0 unspecified atom stereocenters. The van der Waals surface area contributed by atoms with Crippen molar-refractivity contribution in [2.45, 2.75) is 6.92 Å². The summed E-state index contributed by atoms with van der Waals surface area (Å²) >= 11 is 3.42. The Morgan fingerprint density at radius 3 is 2.40 bits per heavy atom. The summed E-state index contributed by atoms with van der Waals surface area (Å²) in [6, 6.07) is 14.5. The van der Waals surface area contributed by atoms with Crippen molar-refractivity contribution >= 4 is 38.4 Å². The zero-order chi connectivity index (χ0) is 18.1. The van der Waals surface area contributed by atoms with E-state index in [-0.39, 0.29) is 11.3 Å². The number of carbonyl (C=O) groups excluding carboxylic acids is 1. The zero-order valence-corrected chi connectivity index (χ0v) is 15.8. The maximum Gasteiger partial charge on any atom is 0.347 e. The van der Waals surface area contributed by atoms with E-state index in [1.807, 2.05) is 44.1 Å². The van der Waals surface area contributed by atoms with Crippen LogP contribution in [-0.4, -0.2) is 25.2 Å². The Morgan fingerprint density at radius 2 is 1.76 bits per heavy atom. The van der Waals surface area contributed by atoms with Gasteiger partial charge in [-0.1, -0.05) is 40.2 Å². The molecular weight excluding hydrogens is 382 g/mol. The molecule has 1 N–H and O–H groups in total. The third-order valence-electron chi connectivity index (χ3n) is 4.06. The molecule has 128 valence electrons. The van der Waals surface area contributed by atoms with Crippen molar-refractivity contribution in [2.24, 2.45) is 0 Å². The summed E-state index contributed by atoms with van der Waals surface area (Å²) in [5.74, 6) is -0.210. The smallest absolute Gasteiger partial charge is 0.347 e. The molecule has 3 rings (SSSR count). The molecular formula is C20H18BrNO3. The van der Waals surface area contributed by atoms with Crippen molar-refractivity contribution in [2.75, 3.05) is 19.0 Å². The lowest BCUT2D eigenvalue weighted by molar-refractivity contribution is 0.0731. The van der Waals surface area contributed by atoms with Gasteiger partial charge in [0.1, 0.15) is 17.1 Å².